The van der Waals surface area contributed by atoms with Crippen molar-refractivity contribution in [2.45, 2.75) is 13.0 Å². The number of carbonyl (C=O) groups is 1. The van der Waals surface area contributed by atoms with Gasteiger partial charge in [-0.05, 0) is 30.7 Å². The number of nitrogens with one attached hydrogen (secondary N) is 1. The van der Waals surface area contributed by atoms with E-state index in [1.807, 2.05) is 0 Å². The average molecular weight is 273 g/mol. The standard InChI is InChI=1S/C12H17ClN2O3/c1-9(15-4-6-17-7-5-15)8-14-12(16)10-2-3-11(13)18-10/h2-3,9H,4-8H2,1H3,(H,14,16)/t9-/m0/s1. The number of furan rings is 1. The second-order valence-electron chi connectivity index (χ2n) is 4.31. The van der Waals surface area contributed by atoms with E-state index in [1.165, 1.54) is 0 Å². The van der Waals surface area contributed by atoms with Crippen molar-refractivity contribution >= 4 is 17.5 Å². The molecule has 1 N–H and O–H groups in total. The Labute approximate surface area is 111 Å². The van der Waals surface area contributed by atoms with Crippen molar-refractivity contribution in [3.63, 3.8) is 0 Å². The quantitative estimate of drug-likeness (QED) is 0.900. The molecule has 1 atom stereocenters. The lowest BCUT2D eigenvalue weighted by molar-refractivity contribution is 0.0203. The van der Waals surface area contributed by atoms with Crippen LogP contribution < -0.4 is 5.32 Å². The monoisotopic (exact) mass is 272 g/mol. The van der Waals surface area contributed by atoms with Gasteiger partial charge in [0.1, 0.15) is 0 Å². The van der Waals surface area contributed by atoms with Crippen LogP contribution in [-0.2, 0) is 4.74 Å². The van der Waals surface area contributed by atoms with Crippen molar-refractivity contribution in [2.75, 3.05) is 32.8 Å². The molecule has 1 aliphatic rings. The minimum absolute atomic E-state index is 0.223. The van der Waals surface area contributed by atoms with E-state index in [4.69, 9.17) is 20.8 Å². The molecule has 2 heterocycles. The summed E-state index contributed by atoms with van der Waals surface area (Å²) in [4.78, 5) is 14.0. The number of rotatable bonds is 4. The smallest absolute Gasteiger partial charge is 0.287 e. The zero-order valence-electron chi connectivity index (χ0n) is 10.3. The topological polar surface area (TPSA) is 54.7 Å². The first kappa shape index (κ1) is 13.4. The molecule has 0 saturated carbocycles. The number of amides is 1. The predicted octanol–water partition coefficient (Wildman–Crippen LogP) is 1.38. The third-order valence-electron chi connectivity index (χ3n) is 3.02. The van der Waals surface area contributed by atoms with Gasteiger partial charge in [-0.1, -0.05) is 0 Å². The van der Waals surface area contributed by atoms with Gasteiger partial charge < -0.3 is 14.5 Å². The Hall–Kier alpha value is -1.04. The Morgan fingerprint density at radius 2 is 2.22 bits per heavy atom. The Morgan fingerprint density at radius 1 is 1.50 bits per heavy atom. The van der Waals surface area contributed by atoms with Gasteiger partial charge in [0.25, 0.3) is 5.91 Å². The first-order chi connectivity index (χ1) is 8.66. The molecular formula is C12H17ClN2O3. The van der Waals surface area contributed by atoms with Gasteiger partial charge in [0, 0.05) is 25.7 Å². The number of nitrogens with zero attached hydrogens (tertiary/aromatic N) is 1. The predicted molar refractivity (Wildman–Crippen MR) is 67.9 cm³/mol. The number of hydrogen-bond acceptors (Lipinski definition) is 4. The van der Waals surface area contributed by atoms with Gasteiger partial charge in [0.15, 0.2) is 11.0 Å². The summed E-state index contributed by atoms with van der Waals surface area (Å²) in [6.07, 6.45) is 0. The molecule has 0 spiro atoms. The van der Waals surface area contributed by atoms with Crippen molar-refractivity contribution in [1.29, 1.82) is 0 Å². The van der Waals surface area contributed by atoms with E-state index in [1.54, 1.807) is 12.1 Å². The Morgan fingerprint density at radius 3 is 2.83 bits per heavy atom. The summed E-state index contributed by atoms with van der Waals surface area (Å²) in [5.41, 5.74) is 0. The number of morpholine rings is 1. The number of carbonyl (C=O) groups excluding carboxylic acids is 1. The molecular weight excluding hydrogens is 256 g/mol. The highest BCUT2D eigenvalue weighted by molar-refractivity contribution is 6.29. The van der Waals surface area contributed by atoms with Crippen molar-refractivity contribution in [3.8, 4) is 0 Å². The van der Waals surface area contributed by atoms with Crippen LogP contribution in [0.25, 0.3) is 0 Å². The van der Waals surface area contributed by atoms with Crippen molar-refractivity contribution in [1.82, 2.24) is 10.2 Å². The normalized spacial score (nSPS) is 18.6. The molecule has 5 nitrogen and oxygen atoms in total. The minimum atomic E-state index is -0.234. The Bertz CT molecular complexity index is 402. The van der Waals surface area contributed by atoms with Crippen LogP contribution in [0.15, 0.2) is 16.5 Å². The van der Waals surface area contributed by atoms with E-state index in [2.05, 4.69) is 17.1 Å². The van der Waals surface area contributed by atoms with Gasteiger partial charge in [-0.3, -0.25) is 9.69 Å². The molecule has 2 rings (SSSR count). The van der Waals surface area contributed by atoms with Crippen LogP contribution in [0.2, 0.25) is 5.22 Å². The second-order valence-corrected chi connectivity index (χ2v) is 4.68. The van der Waals surface area contributed by atoms with E-state index in [9.17, 15) is 4.79 Å². The molecule has 1 amide bonds. The number of halogens is 1. The van der Waals surface area contributed by atoms with Crippen molar-refractivity contribution in [2.24, 2.45) is 0 Å². The fraction of sp³-hybridized carbons (Fsp3) is 0.583. The number of ether oxygens (including phenoxy) is 1. The first-order valence-electron chi connectivity index (χ1n) is 6.02. The van der Waals surface area contributed by atoms with Gasteiger partial charge in [0.05, 0.1) is 13.2 Å². The van der Waals surface area contributed by atoms with Crippen molar-refractivity contribution < 1.29 is 13.9 Å². The molecule has 18 heavy (non-hydrogen) atoms. The van der Waals surface area contributed by atoms with E-state index >= 15 is 0 Å². The molecule has 0 bridgehead atoms. The molecule has 1 aromatic heterocycles. The van der Waals surface area contributed by atoms with Crippen LogP contribution in [0.1, 0.15) is 17.5 Å². The molecule has 1 fully saturated rings. The molecule has 6 heteroatoms. The maximum atomic E-state index is 11.7. The fourth-order valence-corrected chi connectivity index (χ4v) is 2.06. The van der Waals surface area contributed by atoms with E-state index < -0.39 is 0 Å². The second kappa shape index (κ2) is 6.22. The van der Waals surface area contributed by atoms with Crippen LogP contribution in [0.5, 0.6) is 0 Å². The van der Waals surface area contributed by atoms with Crippen LogP contribution in [0.4, 0.5) is 0 Å². The van der Waals surface area contributed by atoms with Gasteiger partial charge in [0.2, 0.25) is 0 Å². The summed E-state index contributed by atoms with van der Waals surface area (Å²) < 4.78 is 10.3. The summed E-state index contributed by atoms with van der Waals surface area (Å²) in [6.45, 7) is 5.99. The zero-order chi connectivity index (χ0) is 13.0. The van der Waals surface area contributed by atoms with E-state index in [0.29, 0.717) is 6.54 Å². The highest BCUT2D eigenvalue weighted by atomic mass is 35.5. The van der Waals surface area contributed by atoms with Gasteiger partial charge >= 0.3 is 0 Å². The molecule has 1 aliphatic heterocycles. The summed E-state index contributed by atoms with van der Waals surface area (Å²) >= 11 is 5.62. The van der Waals surface area contributed by atoms with Gasteiger partial charge in [-0.15, -0.1) is 0 Å². The zero-order valence-corrected chi connectivity index (χ0v) is 11.1. The molecule has 100 valence electrons. The first-order valence-corrected chi connectivity index (χ1v) is 6.40. The minimum Gasteiger partial charge on any atom is -0.440 e. The fourth-order valence-electron chi connectivity index (χ4n) is 1.91. The Kier molecular flexibility index (Phi) is 4.63. The SMILES string of the molecule is C[C@@H](CNC(=O)c1ccc(Cl)o1)N1CCOCC1. The van der Waals surface area contributed by atoms with Crippen LogP contribution in [0, 0.1) is 0 Å². The third-order valence-corrected chi connectivity index (χ3v) is 3.23. The summed E-state index contributed by atoms with van der Waals surface area (Å²) in [5, 5.41) is 3.06. The molecule has 0 unspecified atom stereocenters. The molecule has 1 saturated heterocycles. The Balaban J connectivity index is 1.78. The highest BCUT2D eigenvalue weighted by Crippen LogP contribution is 2.12. The maximum absolute atomic E-state index is 11.7. The summed E-state index contributed by atoms with van der Waals surface area (Å²) in [5.74, 6) is 0.0104. The summed E-state index contributed by atoms with van der Waals surface area (Å²) in [6, 6.07) is 3.40. The van der Waals surface area contributed by atoms with E-state index in [0.717, 1.165) is 26.3 Å². The lowest BCUT2D eigenvalue weighted by atomic mass is 10.2. The maximum Gasteiger partial charge on any atom is 0.287 e. The molecule has 1 aromatic rings. The molecule has 0 radical (unpaired) electrons. The van der Waals surface area contributed by atoms with Gasteiger partial charge in [-0.2, -0.15) is 0 Å². The van der Waals surface area contributed by atoms with Crippen LogP contribution in [-0.4, -0.2) is 49.7 Å². The highest BCUT2D eigenvalue weighted by Gasteiger charge is 2.18. The molecule has 0 aliphatic carbocycles. The average Bonchev–Trinajstić information content (AvgIpc) is 2.83. The lowest BCUT2D eigenvalue weighted by Crippen LogP contribution is -2.47. The lowest BCUT2D eigenvalue weighted by Gasteiger charge is -2.32. The summed E-state index contributed by atoms with van der Waals surface area (Å²) in [7, 11) is 0. The third kappa shape index (κ3) is 3.48. The van der Waals surface area contributed by atoms with Crippen molar-refractivity contribution in [3.05, 3.63) is 23.1 Å². The molecule has 0 aromatic carbocycles. The number of hydrogen-bond donors (Lipinski definition) is 1. The van der Waals surface area contributed by atoms with Gasteiger partial charge in [-0.25, -0.2) is 0 Å². The van der Waals surface area contributed by atoms with Crippen LogP contribution >= 0.6 is 11.6 Å². The van der Waals surface area contributed by atoms with Crippen LogP contribution in [0.3, 0.4) is 0 Å². The largest absolute Gasteiger partial charge is 0.440 e. The van der Waals surface area contributed by atoms with E-state index in [-0.39, 0.29) is 22.9 Å².